The van der Waals surface area contributed by atoms with Gasteiger partial charge in [-0.3, -0.25) is 0 Å². The number of rotatable bonds is 1. The van der Waals surface area contributed by atoms with Crippen molar-refractivity contribution in [2.45, 2.75) is 45.1 Å². The Labute approximate surface area is 73.2 Å². The second-order valence-electron chi connectivity index (χ2n) is 4.89. The smallest absolute Gasteiger partial charge is 0.145 e. The summed E-state index contributed by atoms with van der Waals surface area (Å²) in [4.78, 5) is 0. The lowest BCUT2D eigenvalue weighted by Gasteiger charge is -2.60. The molecule has 0 amide bonds. The van der Waals surface area contributed by atoms with E-state index < -0.39 is 6.10 Å². The zero-order chi connectivity index (χ0) is 8.82. The molecule has 1 unspecified atom stereocenters. The summed E-state index contributed by atoms with van der Waals surface area (Å²) in [6.45, 7) is 2.03. The van der Waals surface area contributed by atoms with Gasteiger partial charge >= 0.3 is 0 Å². The van der Waals surface area contributed by atoms with E-state index in [9.17, 15) is 5.11 Å². The number of aliphatic hydroxyl groups is 1. The van der Waals surface area contributed by atoms with Crippen LogP contribution in [0.5, 0.6) is 0 Å². The highest BCUT2D eigenvalue weighted by atomic mass is 16.3. The Bertz CT molecular complexity index is 229. The largest absolute Gasteiger partial charge is 0.378 e. The highest BCUT2D eigenvalue weighted by Crippen LogP contribution is 2.65. The zero-order valence-electron chi connectivity index (χ0n) is 7.51. The summed E-state index contributed by atoms with van der Waals surface area (Å²) in [6.07, 6.45) is 5.37. The predicted octanol–water partition coefficient (Wildman–Crippen LogP) is 1.84. The fourth-order valence-corrected chi connectivity index (χ4v) is 3.04. The molecule has 0 bridgehead atoms. The Kier molecular flexibility index (Phi) is 1.50. The van der Waals surface area contributed by atoms with E-state index in [4.69, 9.17) is 5.26 Å². The monoisotopic (exact) mass is 165 g/mol. The molecular weight excluding hydrogens is 150 g/mol. The molecule has 66 valence electrons. The van der Waals surface area contributed by atoms with Crippen molar-refractivity contribution >= 4 is 0 Å². The third-order valence-electron chi connectivity index (χ3n) is 3.75. The van der Waals surface area contributed by atoms with Gasteiger partial charge in [-0.2, -0.15) is 5.26 Å². The lowest BCUT2D eigenvalue weighted by molar-refractivity contribution is -0.129. The van der Waals surface area contributed by atoms with Gasteiger partial charge in [0.15, 0.2) is 0 Å². The molecule has 2 rings (SSSR count). The van der Waals surface area contributed by atoms with Crippen molar-refractivity contribution in [3.63, 3.8) is 0 Å². The van der Waals surface area contributed by atoms with Gasteiger partial charge in [-0.25, -0.2) is 0 Å². The van der Waals surface area contributed by atoms with E-state index in [1.54, 1.807) is 0 Å². The molecule has 2 heteroatoms. The third kappa shape index (κ3) is 0.895. The number of hydrogen-bond acceptors (Lipinski definition) is 2. The van der Waals surface area contributed by atoms with Crippen LogP contribution in [-0.4, -0.2) is 11.2 Å². The van der Waals surface area contributed by atoms with Gasteiger partial charge in [0.1, 0.15) is 6.10 Å². The molecule has 0 aromatic rings. The Morgan fingerprint density at radius 2 is 2.00 bits per heavy atom. The fourth-order valence-electron chi connectivity index (χ4n) is 3.04. The summed E-state index contributed by atoms with van der Waals surface area (Å²) in [5.74, 6) is 0. The molecule has 1 atom stereocenters. The first-order chi connectivity index (χ1) is 5.60. The minimum Gasteiger partial charge on any atom is -0.378 e. The van der Waals surface area contributed by atoms with Crippen molar-refractivity contribution in [2.24, 2.45) is 10.8 Å². The molecule has 0 aromatic heterocycles. The summed E-state index contributed by atoms with van der Waals surface area (Å²) in [6, 6.07) is 1.95. The lowest BCUT2D eigenvalue weighted by atomic mass is 9.44. The van der Waals surface area contributed by atoms with E-state index in [1.807, 2.05) is 13.0 Å². The Hall–Kier alpha value is -0.550. The van der Waals surface area contributed by atoms with Crippen molar-refractivity contribution in [1.29, 1.82) is 5.26 Å². The van der Waals surface area contributed by atoms with E-state index >= 15 is 0 Å². The zero-order valence-corrected chi connectivity index (χ0v) is 7.51. The molecule has 0 aromatic carbocycles. The normalized spacial score (nSPS) is 31.4. The quantitative estimate of drug-likeness (QED) is 0.602. The maximum Gasteiger partial charge on any atom is 0.145 e. The van der Waals surface area contributed by atoms with Gasteiger partial charge in [0, 0.05) is 5.41 Å². The molecule has 12 heavy (non-hydrogen) atoms. The molecule has 0 heterocycles. The molecule has 0 radical (unpaired) electrons. The van der Waals surface area contributed by atoms with Crippen LogP contribution in [0.2, 0.25) is 0 Å². The van der Waals surface area contributed by atoms with Gasteiger partial charge < -0.3 is 5.11 Å². The van der Waals surface area contributed by atoms with Gasteiger partial charge in [0.25, 0.3) is 0 Å². The predicted molar refractivity (Wildman–Crippen MR) is 45.2 cm³/mol. The molecule has 2 nitrogen and oxygen atoms in total. The Balaban J connectivity index is 1.97. The van der Waals surface area contributed by atoms with E-state index in [2.05, 4.69) is 0 Å². The Morgan fingerprint density at radius 3 is 2.33 bits per heavy atom. The molecule has 1 N–H and O–H groups in total. The van der Waals surface area contributed by atoms with Crippen LogP contribution in [0.1, 0.15) is 39.0 Å². The lowest BCUT2D eigenvalue weighted by Crippen LogP contribution is -2.53. The highest BCUT2D eigenvalue weighted by molar-refractivity contribution is 5.11. The van der Waals surface area contributed by atoms with E-state index in [0.29, 0.717) is 5.41 Å². The molecule has 1 spiro atoms. The van der Waals surface area contributed by atoms with Crippen LogP contribution in [0.15, 0.2) is 0 Å². The summed E-state index contributed by atoms with van der Waals surface area (Å²) in [5.41, 5.74) is 0.460. The van der Waals surface area contributed by atoms with Crippen LogP contribution >= 0.6 is 0 Å². The maximum atomic E-state index is 9.43. The van der Waals surface area contributed by atoms with Crippen LogP contribution in [0, 0.1) is 22.2 Å². The second kappa shape index (κ2) is 2.23. The number of nitriles is 1. The summed E-state index contributed by atoms with van der Waals surface area (Å²) in [5, 5.41) is 18.0. The summed E-state index contributed by atoms with van der Waals surface area (Å²) in [7, 11) is 0. The Morgan fingerprint density at radius 1 is 1.42 bits per heavy atom. The molecule has 2 saturated carbocycles. The minimum atomic E-state index is -0.747. The molecular formula is C10H15NO. The molecule has 0 saturated heterocycles. The fraction of sp³-hybridized carbons (Fsp3) is 0.900. The van der Waals surface area contributed by atoms with Crippen LogP contribution in [0.25, 0.3) is 0 Å². The molecule has 2 fully saturated rings. The highest BCUT2D eigenvalue weighted by Gasteiger charge is 2.57. The number of aliphatic hydroxyl groups excluding tert-OH is 1. The molecule has 2 aliphatic rings. The van der Waals surface area contributed by atoms with Gasteiger partial charge in [0.05, 0.1) is 6.07 Å². The number of nitrogens with zero attached hydrogens (tertiary/aromatic N) is 1. The first kappa shape index (κ1) is 8.07. The standard InChI is InChI=1S/C10H15NO/c1-9(8(12)5-11)6-10(7-9)3-2-4-10/h8,12H,2-4,6-7H2,1H3. The van der Waals surface area contributed by atoms with Crippen molar-refractivity contribution in [3.8, 4) is 6.07 Å². The SMILES string of the molecule is CC1(C(O)C#N)CC2(CCC2)C1. The third-order valence-corrected chi connectivity index (χ3v) is 3.75. The van der Waals surface area contributed by atoms with Crippen LogP contribution < -0.4 is 0 Å². The maximum absolute atomic E-state index is 9.43. The number of hydrogen-bond donors (Lipinski definition) is 1. The van der Waals surface area contributed by atoms with Crippen LogP contribution in [0.3, 0.4) is 0 Å². The van der Waals surface area contributed by atoms with Gasteiger partial charge in [-0.05, 0) is 31.1 Å². The summed E-state index contributed by atoms with van der Waals surface area (Å²) >= 11 is 0. The summed E-state index contributed by atoms with van der Waals surface area (Å²) < 4.78 is 0. The van der Waals surface area contributed by atoms with Gasteiger partial charge in [-0.15, -0.1) is 0 Å². The van der Waals surface area contributed by atoms with Crippen molar-refractivity contribution in [3.05, 3.63) is 0 Å². The average molecular weight is 165 g/mol. The van der Waals surface area contributed by atoms with Gasteiger partial charge in [0.2, 0.25) is 0 Å². The van der Waals surface area contributed by atoms with Crippen molar-refractivity contribution in [1.82, 2.24) is 0 Å². The minimum absolute atomic E-state index is 0.0881. The first-order valence-electron chi connectivity index (χ1n) is 4.68. The van der Waals surface area contributed by atoms with Crippen LogP contribution in [0.4, 0.5) is 0 Å². The average Bonchev–Trinajstić information content (AvgIpc) is 1.93. The van der Waals surface area contributed by atoms with E-state index in [1.165, 1.54) is 19.3 Å². The molecule has 2 aliphatic carbocycles. The topological polar surface area (TPSA) is 44.0 Å². The van der Waals surface area contributed by atoms with Gasteiger partial charge in [-0.1, -0.05) is 13.3 Å². The van der Waals surface area contributed by atoms with Crippen molar-refractivity contribution in [2.75, 3.05) is 0 Å². The molecule has 0 aliphatic heterocycles. The first-order valence-corrected chi connectivity index (χ1v) is 4.68. The van der Waals surface area contributed by atoms with E-state index in [-0.39, 0.29) is 5.41 Å². The van der Waals surface area contributed by atoms with Crippen LogP contribution in [-0.2, 0) is 0 Å². The van der Waals surface area contributed by atoms with E-state index in [0.717, 1.165) is 12.8 Å². The van der Waals surface area contributed by atoms with Crippen molar-refractivity contribution < 1.29 is 5.11 Å². The second-order valence-corrected chi connectivity index (χ2v) is 4.89.